The SMILES string of the molecule is OC12CCC(c3n[c]no3)(CC1)CC2. The van der Waals surface area contributed by atoms with Crippen molar-refractivity contribution in [2.75, 3.05) is 0 Å². The molecule has 0 unspecified atom stereocenters. The third kappa shape index (κ3) is 1.03. The molecule has 0 amide bonds. The fourth-order valence-electron chi connectivity index (χ4n) is 2.85. The number of fused-ring (bicyclic) bond motifs is 3. The van der Waals surface area contributed by atoms with E-state index in [1.807, 2.05) is 0 Å². The number of hydrogen-bond donors (Lipinski definition) is 1. The molecule has 0 spiro atoms. The van der Waals surface area contributed by atoms with E-state index in [0.29, 0.717) is 0 Å². The molecule has 1 radical (unpaired) electrons. The van der Waals surface area contributed by atoms with E-state index in [2.05, 4.69) is 16.5 Å². The average molecular weight is 193 g/mol. The van der Waals surface area contributed by atoms with Gasteiger partial charge in [0.05, 0.1) is 11.0 Å². The summed E-state index contributed by atoms with van der Waals surface area (Å²) in [5, 5.41) is 13.6. The Morgan fingerprint density at radius 2 is 1.79 bits per heavy atom. The van der Waals surface area contributed by atoms with Crippen molar-refractivity contribution in [1.29, 1.82) is 0 Å². The summed E-state index contributed by atoms with van der Waals surface area (Å²) in [5.74, 6) is 0.722. The minimum Gasteiger partial charge on any atom is -0.390 e. The maximum absolute atomic E-state index is 10.1. The van der Waals surface area contributed by atoms with Gasteiger partial charge >= 0.3 is 0 Å². The van der Waals surface area contributed by atoms with E-state index < -0.39 is 5.60 Å². The van der Waals surface area contributed by atoms with E-state index >= 15 is 0 Å². The fraction of sp³-hybridized carbons (Fsp3) is 0.800. The molecule has 4 rings (SSSR count). The zero-order chi connectivity index (χ0) is 9.65. The van der Waals surface area contributed by atoms with Crippen LogP contribution in [0.1, 0.15) is 44.4 Å². The largest absolute Gasteiger partial charge is 0.390 e. The van der Waals surface area contributed by atoms with Gasteiger partial charge in [0.1, 0.15) is 0 Å². The maximum Gasteiger partial charge on any atom is 0.243 e. The van der Waals surface area contributed by atoms with Crippen LogP contribution < -0.4 is 0 Å². The number of hydrogen-bond acceptors (Lipinski definition) is 4. The van der Waals surface area contributed by atoms with Gasteiger partial charge in [-0.2, -0.15) is 4.98 Å². The Bertz CT molecular complexity index is 309. The molecule has 3 saturated carbocycles. The third-order valence-electron chi connectivity index (χ3n) is 3.98. The van der Waals surface area contributed by atoms with E-state index in [-0.39, 0.29) is 5.41 Å². The zero-order valence-electron chi connectivity index (χ0n) is 7.99. The van der Waals surface area contributed by atoms with Crippen molar-refractivity contribution in [1.82, 2.24) is 10.1 Å². The van der Waals surface area contributed by atoms with Crippen LogP contribution in [-0.2, 0) is 5.41 Å². The minimum absolute atomic E-state index is 0.0531. The van der Waals surface area contributed by atoms with Crippen LogP contribution >= 0.6 is 0 Å². The Labute approximate surface area is 82.3 Å². The Balaban J connectivity index is 1.93. The highest BCUT2D eigenvalue weighted by molar-refractivity contribution is 5.12. The van der Waals surface area contributed by atoms with Crippen LogP contribution in [-0.4, -0.2) is 20.8 Å². The van der Waals surface area contributed by atoms with Crippen LogP contribution in [0, 0.1) is 6.33 Å². The Morgan fingerprint density at radius 3 is 2.29 bits per heavy atom. The van der Waals surface area contributed by atoms with Gasteiger partial charge in [-0.15, -0.1) is 0 Å². The molecule has 2 bridgehead atoms. The van der Waals surface area contributed by atoms with E-state index in [4.69, 9.17) is 4.52 Å². The predicted molar refractivity (Wildman–Crippen MR) is 47.5 cm³/mol. The Hall–Kier alpha value is -0.900. The maximum atomic E-state index is 10.1. The monoisotopic (exact) mass is 193 g/mol. The Kier molecular flexibility index (Phi) is 1.54. The lowest BCUT2D eigenvalue weighted by Crippen LogP contribution is -2.48. The van der Waals surface area contributed by atoms with Crippen molar-refractivity contribution in [2.24, 2.45) is 0 Å². The quantitative estimate of drug-likeness (QED) is 0.728. The molecule has 0 saturated heterocycles. The van der Waals surface area contributed by atoms with E-state index in [0.717, 1.165) is 44.4 Å². The molecule has 1 aromatic rings. The van der Waals surface area contributed by atoms with Crippen LogP contribution in [0.4, 0.5) is 0 Å². The van der Waals surface area contributed by atoms with Gasteiger partial charge in [-0.05, 0) is 38.5 Å². The normalized spacial score (nSPS) is 41.5. The van der Waals surface area contributed by atoms with E-state index in [1.54, 1.807) is 0 Å². The predicted octanol–water partition coefficient (Wildman–Crippen LogP) is 1.21. The van der Waals surface area contributed by atoms with Crippen molar-refractivity contribution < 1.29 is 9.63 Å². The lowest BCUT2D eigenvalue weighted by atomic mass is 9.58. The molecule has 0 atom stereocenters. The van der Waals surface area contributed by atoms with Crippen LogP contribution in [0.3, 0.4) is 0 Å². The smallest absolute Gasteiger partial charge is 0.243 e. The van der Waals surface area contributed by atoms with Crippen molar-refractivity contribution in [3.63, 3.8) is 0 Å². The lowest BCUT2D eigenvalue weighted by molar-refractivity contribution is -0.0726. The van der Waals surface area contributed by atoms with E-state index in [9.17, 15) is 5.11 Å². The summed E-state index contributed by atoms with van der Waals surface area (Å²) in [6, 6.07) is 0. The standard InChI is InChI=1S/C10H13N2O2/c13-10-4-1-9(2-5-10,3-6-10)8-11-7-12-14-8/h13H,1-6H2. The number of aromatic nitrogens is 2. The van der Waals surface area contributed by atoms with Crippen LogP contribution in [0.15, 0.2) is 4.52 Å². The van der Waals surface area contributed by atoms with Crippen LogP contribution in [0.25, 0.3) is 0 Å². The summed E-state index contributed by atoms with van der Waals surface area (Å²) < 4.78 is 5.13. The second-order valence-electron chi connectivity index (χ2n) is 4.70. The summed E-state index contributed by atoms with van der Waals surface area (Å²) in [6.45, 7) is 0. The van der Waals surface area contributed by atoms with Crippen molar-refractivity contribution in [3.05, 3.63) is 12.2 Å². The van der Waals surface area contributed by atoms with Crippen molar-refractivity contribution in [2.45, 2.75) is 49.5 Å². The molecule has 1 N–H and O–H groups in total. The van der Waals surface area contributed by atoms with Crippen molar-refractivity contribution in [3.8, 4) is 0 Å². The van der Waals surface area contributed by atoms with Crippen LogP contribution in [0.2, 0.25) is 0 Å². The number of nitrogens with zero attached hydrogens (tertiary/aromatic N) is 2. The van der Waals surface area contributed by atoms with Crippen molar-refractivity contribution >= 4 is 0 Å². The lowest BCUT2D eigenvalue weighted by Gasteiger charge is -2.48. The molecular weight excluding hydrogens is 180 g/mol. The highest BCUT2D eigenvalue weighted by Gasteiger charge is 2.51. The molecule has 0 aliphatic heterocycles. The number of aliphatic hydroxyl groups is 1. The van der Waals surface area contributed by atoms with Gasteiger partial charge in [0.15, 0.2) is 0 Å². The van der Waals surface area contributed by atoms with Gasteiger partial charge in [-0.1, -0.05) is 5.16 Å². The molecule has 4 nitrogen and oxygen atoms in total. The summed E-state index contributed by atoms with van der Waals surface area (Å²) >= 11 is 0. The van der Waals surface area contributed by atoms with Gasteiger partial charge in [0.25, 0.3) is 0 Å². The summed E-state index contributed by atoms with van der Waals surface area (Å²) in [5.41, 5.74) is -0.344. The van der Waals surface area contributed by atoms with Crippen LogP contribution in [0.5, 0.6) is 0 Å². The first-order valence-corrected chi connectivity index (χ1v) is 5.15. The molecule has 3 aliphatic carbocycles. The first-order valence-electron chi connectivity index (χ1n) is 5.15. The van der Waals surface area contributed by atoms with Gasteiger partial charge in [0.2, 0.25) is 12.2 Å². The molecule has 14 heavy (non-hydrogen) atoms. The first kappa shape index (κ1) is 8.41. The highest BCUT2D eigenvalue weighted by Crippen LogP contribution is 2.52. The molecule has 1 aromatic heterocycles. The molecule has 3 fully saturated rings. The Morgan fingerprint density at radius 1 is 1.14 bits per heavy atom. The molecule has 4 heteroatoms. The van der Waals surface area contributed by atoms with Gasteiger partial charge in [-0.25, -0.2) is 0 Å². The minimum atomic E-state index is -0.397. The number of rotatable bonds is 1. The first-order chi connectivity index (χ1) is 6.73. The molecule has 3 aliphatic rings. The second kappa shape index (κ2) is 2.57. The van der Waals surface area contributed by atoms with Gasteiger partial charge < -0.3 is 9.63 Å². The van der Waals surface area contributed by atoms with E-state index in [1.165, 1.54) is 0 Å². The molecular formula is C10H13N2O2. The zero-order valence-corrected chi connectivity index (χ0v) is 7.99. The summed E-state index contributed by atoms with van der Waals surface area (Å²) in [7, 11) is 0. The topological polar surface area (TPSA) is 59.2 Å². The summed E-state index contributed by atoms with van der Waals surface area (Å²) in [4.78, 5) is 4.05. The second-order valence-corrected chi connectivity index (χ2v) is 4.70. The molecule has 0 aromatic carbocycles. The van der Waals surface area contributed by atoms with Gasteiger partial charge in [-0.3, -0.25) is 0 Å². The summed E-state index contributed by atoms with van der Waals surface area (Å²) in [6.07, 6.45) is 8.01. The highest BCUT2D eigenvalue weighted by atomic mass is 16.5. The average Bonchev–Trinajstić information content (AvgIpc) is 2.73. The van der Waals surface area contributed by atoms with Gasteiger partial charge in [0, 0.05) is 0 Å². The third-order valence-corrected chi connectivity index (χ3v) is 3.98. The fourth-order valence-corrected chi connectivity index (χ4v) is 2.85. The molecule has 75 valence electrons. The molecule has 1 heterocycles.